The van der Waals surface area contributed by atoms with E-state index in [1.54, 1.807) is 0 Å². The molecule has 0 aromatic heterocycles. The predicted octanol–water partition coefficient (Wildman–Crippen LogP) is 4.05. The van der Waals surface area contributed by atoms with Crippen LogP contribution in [0.3, 0.4) is 0 Å². The zero-order valence-electron chi connectivity index (χ0n) is 10.3. The van der Waals surface area contributed by atoms with Gasteiger partial charge in [0.25, 0.3) is 5.91 Å². The second kappa shape index (κ2) is 6.01. The lowest BCUT2D eigenvalue weighted by Crippen LogP contribution is -2.47. The average molecular weight is 363 g/mol. The molecule has 1 N–H and O–H groups in total. The van der Waals surface area contributed by atoms with Crippen LogP contribution in [0.5, 0.6) is 0 Å². The number of benzene rings is 1. The Kier molecular flexibility index (Phi) is 5.20. The summed E-state index contributed by atoms with van der Waals surface area (Å²) in [5.41, 5.74) is 1.54. The monoisotopic (exact) mass is 361 g/mol. The normalized spacial score (nSPS) is 14.2. The van der Waals surface area contributed by atoms with Crippen molar-refractivity contribution in [2.75, 3.05) is 5.33 Å². The Morgan fingerprint density at radius 2 is 2.12 bits per heavy atom. The Bertz CT molecular complexity index is 414. The molecule has 1 unspecified atom stereocenters. The van der Waals surface area contributed by atoms with Crippen LogP contribution in [0.1, 0.15) is 36.2 Å². The van der Waals surface area contributed by atoms with Crippen molar-refractivity contribution < 1.29 is 4.79 Å². The van der Waals surface area contributed by atoms with Crippen LogP contribution in [0.2, 0.25) is 0 Å². The van der Waals surface area contributed by atoms with Crippen LogP contribution in [0.25, 0.3) is 0 Å². The molecule has 0 aliphatic rings. The van der Waals surface area contributed by atoms with Crippen LogP contribution in [0.4, 0.5) is 0 Å². The van der Waals surface area contributed by atoms with E-state index in [1.165, 1.54) is 0 Å². The highest BCUT2D eigenvalue weighted by molar-refractivity contribution is 9.10. The SMILES string of the molecule is CCC(C)(CBr)NC(=O)c1cccc(C)c1Br. The highest BCUT2D eigenvalue weighted by atomic mass is 79.9. The molecule has 0 fully saturated rings. The number of rotatable bonds is 4. The van der Waals surface area contributed by atoms with Gasteiger partial charge in [-0.25, -0.2) is 0 Å². The molecule has 2 nitrogen and oxygen atoms in total. The summed E-state index contributed by atoms with van der Waals surface area (Å²) in [6.07, 6.45) is 0.882. The molecule has 17 heavy (non-hydrogen) atoms. The first-order valence-electron chi connectivity index (χ1n) is 5.57. The molecule has 0 saturated carbocycles. The first kappa shape index (κ1) is 14.7. The molecular formula is C13H17Br2NO. The molecule has 0 saturated heterocycles. The second-order valence-electron chi connectivity index (χ2n) is 4.44. The molecular weight excluding hydrogens is 346 g/mol. The summed E-state index contributed by atoms with van der Waals surface area (Å²) in [6.45, 7) is 6.07. The van der Waals surface area contributed by atoms with Crippen molar-refractivity contribution in [3.63, 3.8) is 0 Å². The van der Waals surface area contributed by atoms with Crippen LogP contribution in [0.15, 0.2) is 22.7 Å². The Labute approximate surface area is 119 Å². The van der Waals surface area contributed by atoms with E-state index in [1.807, 2.05) is 32.0 Å². The van der Waals surface area contributed by atoms with Crippen molar-refractivity contribution in [3.8, 4) is 0 Å². The third-order valence-corrected chi connectivity index (χ3v) is 5.22. The summed E-state index contributed by atoms with van der Waals surface area (Å²) in [6, 6.07) is 5.70. The molecule has 0 aliphatic heterocycles. The average Bonchev–Trinajstić information content (AvgIpc) is 2.32. The fraction of sp³-hybridized carbons (Fsp3) is 0.462. The molecule has 94 valence electrons. The van der Waals surface area contributed by atoms with Crippen LogP contribution in [-0.2, 0) is 0 Å². The van der Waals surface area contributed by atoms with E-state index in [-0.39, 0.29) is 11.4 Å². The summed E-state index contributed by atoms with van der Waals surface area (Å²) >= 11 is 6.90. The standard InChI is InChI=1S/C13H17Br2NO/c1-4-13(3,8-14)16-12(17)10-7-5-6-9(2)11(10)15/h5-7H,4,8H2,1-3H3,(H,16,17). The lowest BCUT2D eigenvalue weighted by Gasteiger charge is -2.27. The first-order valence-corrected chi connectivity index (χ1v) is 7.48. The molecule has 0 bridgehead atoms. The van der Waals surface area contributed by atoms with E-state index in [9.17, 15) is 4.79 Å². The molecule has 0 radical (unpaired) electrons. The number of aryl methyl sites for hydroxylation is 1. The quantitative estimate of drug-likeness (QED) is 0.804. The van der Waals surface area contributed by atoms with Gasteiger partial charge in [0.1, 0.15) is 0 Å². The van der Waals surface area contributed by atoms with Gasteiger partial charge in [-0.1, -0.05) is 35.0 Å². The Balaban J connectivity index is 2.94. The number of carbonyl (C=O) groups excluding carboxylic acids is 1. The van der Waals surface area contributed by atoms with E-state index in [2.05, 4.69) is 44.1 Å². The van der Waals surface area contributed by atoms with Gasteiger partial charge >= 0.3 is 0 Å². The lowest BCUT2D eigenvalue weighted by atomic mass is 10.0. The van der Waals surface area contributed by atoms with Gasteiger partial charge < -0.3 is 5.32 Å². The third-order valence-electron chi connectivity index (χ3n) is 2.93. The van der Waals surface area contributed by atoms with Crippen LogP contribution < -0.4 is 5.32 Å². The fourth-order valence-electron chi connectivity index (χ4n) is 1.38. The molecule has 4 heteroatoms. The summed E-state index contributed by atoms with van der Waals surface area (Å²) in [4.78, 5) is 12.2. The molecule has 0 heterocycles. The van der Waals surface area contributed by atoms with Gasteiger partial charge in [0.05, 0.1) is 5.56 Å². The van der Waals surface area contributed by atoms with Crippen molar-refractivity contribution in [1.29, 1.82) is 0 Å². The Morgan fingerprint density at radius 3 is 2.65 bits per heavy atom. The summed E-state index contributed by atoms with van der Waals surface area (Å²) in [5.74, 6) is -0.0376. The van der Waals surface area contributed by atoms with Crippen molar-refractivity contribution in [3.05, 3.63) is 33.8 Å². The summed E-state index contributed by atoms with van der Waals surface area (Å²) < 4.78 is 0.866. The maximum atomic E-state index is 12.2. The van der Waals surface area contributed by atoms with E-state index in [0.717, 1.165) is 21.8 Å². The molecule has 1 amide bonds. The van der Waals surface area contributed by atoms with E-state index < -0.39 is 0 Å². The number of halogens is 2. The van der Waals surface area contributed by atoms with Crippen molar-refractivity contribution in [2.24, 2.45) is 0 Å². The Morgan fingerprint density at radius 1 is 1.47 bits per heavy atom. The maximum absolute atomic E-state index is 12.2. The molecule has 0 spiro atoms. The molecule has 1 rings (SSSR count). The highest BCUT2D eigenvalue weighted by Gasteiger charge is 2.24. The van der Waals surface area contributed by atoms with Gasteiger partial charge in [-0.2, -0.15) is 0 Å². The lowest BCUT2D eigenvalue weighted by molar-refractivity contribution is 0.0912. The first-order chi connectivity index (χ1) is 7.93. The van der Waals surface area contributed by atoms with Crippen LogP contribution in [-0.4, -0.2) is 16.8 Å². The summed E-state index contributed by atoms with van der Waals surface area (Å²) in [5, 5.41) is 3.80. The minimum atomic E-state index is -0.208. The molecule has 1 aromatic carbocycles. The van der Waals surface area contributed by atoms with Gasteiger partial charge in [0, 0.05) is 15.3 Å². The number of nitrogens with one attached hydrogen (secondary N) is 1. The van der Waals surface area contributed by atoms with E-state index in [0.29, 0.717) is 5.56 Å². The van der Waals surface area contributed by atoms with Crippen LogP contribution >= 0.6 is 31.9 Å². The van der Waals surface area contributed by atoms with Gasteiger partial charge in [-0.15, -0.1) is 0 Å². The Hall–Kier alpha value is -0.350. The van der Waals surface area contributed by atoms with Gasteiger partial charge in [-0.05, 0) is 47.8 Å². The fourth-order valence-corrected chi connectivity index (χ4v) is 2.36. The van der Waals surface area contributed by atoms with E-state index in [4.69, 9.17) is 0 Å². The molecule has 1 aromatic rings. The molecule has 0 aliphatic carbocycles. The smallest absolute Gasteiger partial charge is 0.252 e. The predicted molar refractivity (Wildman–Crippen MR) is 78.8 cm³/mol. The topological polar surface area (TPSA) is 29.1 Å². The number of hydrogen-bond donors (Lipinski definition) is 1. The number of alkyl halides is 1. The van der Waals surface area contributed by atoms with Gasteiger partial charge in [-0.3, -0.25) is 4.79 Å². The summed E-state index contributed by atoms with van der Waals surface area (Å²) in [7, 11) is 0. The van der Waals surface area contributed by atoms with Gasteiger partial charge in [0.15, 0.2) is 0 Å². The maximum Gasteiger partial charge on any atom is 0.252 e. The van der Waals surface area contributed by atoms with E-state index >= 15 is 0 Å². The number of carbonyl (C=O) groups is 1. The molecule has 1 atom stereocenters. The highest BCUT2D eigenvalue weighted by Crippen LogP contribution is 2.22. The van der Waals surface area contributed by atoms with Crippen molar-refractivity contribution in [1.82, 2.24) is 5.32 Å². The van der Waals surface area contributed by atoms with Crippen molar-refractivity contribution >= 4 is 37.8 Å². The number of amides is 1. The number of hydrogen-bond acceptors (Lipinski definition) is 1. The second-order valence-corrected chi connectivity index (χ2v) is 5.79. The third kappa shape index (κ3) is 3.55. The zero-order valence-corrected chi connectivity index (χ0v) is 13.5. The van der Waals surface area contributed by atoms with Gasteiger partial charge in [0.2, 0.25) is 0 Å². The zero-order chi connectivity index (χ0) is 13.1. The largest absolute Gasteiger partial charge is 0.346 e. The minimum absolute atomic E-state index is 0.0376. The van der Waals surface area contributed by atoms with Crippen molar-refractivity contribution in [2.45, 2.75) is 32.7 Å². The minimum Gasteiger partial charge on any atom is -0.346 e. The van der Waals surface area contributed by atoms with Crippen LogP contribution in [0, 0.1) is 6.92 Å².